The summed E-state index contributed by atoms with van der Waals surface area (Å²) in [5.41, 5.74) is 5.63. The molecular weight excluding hydrogens is 196 g/mol. The van der Waals surface area contributed by atoms with Crippen molar-refractivity contribution >= 4 is 10.9 Å². The van der Waals surface area contributed by atoms with Crippen molar-refractivity contribution in [1.82, 2.24) is 10.3 Å². The van der Waals surface area contributed by atoms with Crippen LogP contribution in [0.2, 0.25) is 0 Å². The molecule has 0 spiro atoms. The second-order valence-electron chi connectivity index (χ2n) is 4.97. The molecule has 2 N–H and O–H groups in total. The fraction of sp³-hybridized carbons (Fsp3) is 0.429. The lowest BCUT2D eigenvalue weighted by atomic mass is 9.98. The van der Waals surface area contributed by atoms with E-state index in [0.717, 1.165) is 19.5 Å². The predicted octanol–water partition coefficient (Wildman–Crippen LogP) is 2.94. The number of aromatic nitrogens is 1. The maximum Gasteiger partial charge on any atom is 0.0459 e. The molecule has 0 bridgehead atoms. The number of hydrogen-bond donors (Lipinski definition) is 2. The van der Waals surface area contributed by atoms with Gasteiger partial charge in [-0.15, -0.1) is 0 Å². The molecule has 84 valence electrons. The molecule has 1 aromatic heterocycles. The van der Waals surface area contributed by atoms with Crippen molar-refractivity contribution in [2.24, 2.45) is 0 Å². The standard InChI is InChI=1S/C14H18N2/c1-9(2)10-3-4-13-12(7-10)11-5-6-15-8-14(11)16-13/h3-4,7,9,15-16H,5-6,8H2,1-2H3. The van der Waals surface area contributed by atoms with Crippen LogP contribution in [0.3, 0.4) is 0 Å². The summed E-state index contributed by atoms with van der Waals surface area (Å²) < 4.78 is 0. The third-order valence-electron chi connectivity index (χ3n) is 3.54. The van der Waals surface area contributed by atoms with Gasteiger partial charge in [0, 0.05) is 23.1 Å². The number of nitrogens with one attached hydrogen (secondary N) is 2. The van der Waals surface area contributed by atoms with Crippen molar-refractivity contribution in [2.75, 3.05) is 6.54 Å². The Morgan fingerprint density at radius 3 is 2.94 bits per heavy atom. The molecule has 0 aliphatic carbocycles. The third-order valence-corrected chi connectivity index (χ3v) is 3.54. The van der Waals surface area contributed by atoms with Crippen LogP contribution >= 0.6 is 0 Å². The van der Waals surface area contributed by atoms with Gasteiger partial charge in [-0.1, -0.05) is 19.9 Å². The molecule has 2 nitrogen and oxygen atoms in total. The topological polar surface area (TPSA) is 27.8 Å². The van der Waals surface area contributed by atoms with E-state index in [1.165, 1.54) is 27.7 Å². The van der Waals surface area contributed by atoms with Crippen LogP contribution in [0.5, 0.6) is 0 Å². The van der Waals surface area contributed by atoms with E-state index in [0.29, 0.717) is 5.92 Å². The molecule has 2 aromatic rings. The predicted molar refractivity (Wildman–Crippen MR) is 67.8 cm³/mol. The summed E-state index contributed by atoms with van der Waals surface area (Å²) in [5.74, 6) is 0.608. The highest BCUT2D eigenvalue weighted by Gasteiger charge is 2.15. The molecular formula is C14H18N2. The lowest BCUT2D eigenvalue weighted by molar-refractivity contribution is 0.637. The summed E-state index contributed by atoms with van der Waals surface area (Å²) in [5, 5.41) is 4.84. The first-order valence-electron chi connectivity index (χ1n) is 6.10. The Morgan fingerprint density at radius 2 is 2.12 bits per heavy atom. The van der Waals surface area contributed by atoms with Gasteiger partial charge in [0.25, 0.3) is 0 Å². The first-order valence-corrected chi connectivity index (χ1v) is 6.10. The average molecular weight is 214 g/mol. The molecule has 1 aromatic carbocycles. The molecule has 0 saturated heterocycles. The van der Waals surface area contributed by atoms with Crippen molar-refractivity contribution in [1.29, 1.82) is 0 Å². The summed E-state index contributed by atoms with van der Waals surface area (Å²) in [4.78, 5) is 3.52. The van der Waals surface area contributed by atoms with Gasteiger partial charge in [0.1, 0.15) is 0 Å². The summed E-state index contributed by atoms with van der Waals surface area (Å²) in [6.07, 6.45) is 1.15. The normalized spacial score (nSPS) is 15.7. The summed E-state index contributed by atoms with van der Waals surface area (Å²) in [6, 6.07) is 6.83. The molecule has 2 heteroatoms. The van der Waals surface area contributed by atoms with E-state index >= 15 is 0 Å². The molecule has 3 rings (SSSR count). The number of aromatic amines is 1. The van der Waals surface area contributed by atoms with E-state index in [-0.39, 0.29) is 0 Å². The largest absolute Gasteiger partial charge is 0.357 e. The van der Waals surface area contributed by atoms with E-state index in [1.807, 2.05) is 0 Å². The smallest absolute Gasteiger partial charge is 0.0459 e. The van der Waals surface area contributed by atoms with Crippen LogP contribution in [0.25, 0.3) is 10.9 Å². The van der Waals surface area contributed by atoms with Crippen LogP contribution in [0.1, 0.15) is 36.6 Å². The fourth-order valence-electron chi connectivity index (χ4n) is 2.54. The number of benzene rings is 1. The van der Waals surface area contributed by atoms with E-state index in [9.17, 15) is 0 Å². The average Bonchev–Trinajstić information content (AvgIpc) is 2.66. The van der Waals surface area contributed by atoms with Crippen molar-refractivity contribution in [2.45, 2.75) is 32.7 Å². The zero-order valence-corrected chi connectivity index (χ0v) is 9.93. The van der Waals surface area contributed by atoms with Gasteiger partial charge < -0.3 is 10.3 Å². The van der Waals surface area contributed by atoms with Crippen molar-refractivity contribution in [3.8, 4) is 0 Å². The first kappa shape index (κ1) is 9.91. The van der Waals surface area contributed by atoms with Gasteiger partial charge in [0.2, 0.25) is 0 Å². The lowest BCUT2D eigenvalue weighted by Gasteiger charge is -2.12. The Hall–Kier alpha value is -1.28. The summed E-state index contributed by atoms with van der Waals surface area (Å²) in [6.45, 7) is 6.59. The van der Waals surface area contributed by atoms with Crippen molar-refractivity contribution in [3.63, 3.8) is 0 Å². The molecule has 0 radical (unpaired) electrons. The maximum atomic E-state index is 3.52. The quantitative estimate of drug-likeness (QED) is 0.750. The summed E-state index contributed by atoms with van der Waals surface area (Å²) in [7, 11) is 0. The number of fused-ring (bicyclic) bond motifs is 3. The van der Waals surface area contributed by atoms with Gasteiger partial charge in [-0.05, 0) is 42.1 Å². The Kier molecular flexibility index (Phi) is 2.25. The van der Waals surface area contributed by atoms with E-state index < -0.39 is 0 Å². The van der Waals surface area contributed by atoms with Gasteiger partial charge in [-0.2, -0.15) is 0 Å². The Morgan fingerprint density at radius 1 is 1.25 bits per heavy atom. The second-order valence-corrected chi connectivity index (χ2v) is 4.97. The number of rotatable bonds is 1. The van der Waals surface area contributed by atoms with E-state index in [2.05, 4.69) is 42.3 Å². The van der Waals surface area contributed by atoms with Crippen molar-refractivity contribution < 1.29 is 0 Å². The van der Waals surface area contributed by atoms with Gasteiger partial charge in [-0.3, -0.25) is 0 Å². The molecule has 2 heterocycles. The Bertz CT molecular complexity index is 523. The minimum Gasteiger partial charge on any atom is -0.357 e. The fourth-order valence-corrected chi connectivity index (χ4v) is 2.54. The van der Waals surface area contributed by atoms with Crippen LogP contribution < -0.4 is 5.32 Å². The van der Waals surface area contributed by atoms with Crippen molar-refractivity contribution in [3.05, 3.63) is 35.0 Å². The van der Waals surface area contributed by atoms with Gasteiger partial charge in [-0.25, -0.2) is 0 Å². The molecule has 0 unspecified atom stereocenters. The maximum absolute atomic E-state index is 3.52. The first-order chi connectivity index (χ1) is 7.75. The van der Waals surface area contributed by atoms with Crippen LogP contribution in [0.4, 0.5) is 0 Å². The molecule has 0 amide bonds. The van der Waals surface area contributed by atoms with E-state index in [1.54, 1.807) is 0 Å². The molecule has 0 saturated carbocycles. The second kappa shape index (κ2) is 3.63. The van der Waals surface area contributed by atoms with Crippen LogP contribution in [-0.4, -0.2) is 11.5 Å². The SMILES string of the molecule is CC(C)c1ccc2[nH]c3c(c2c1)CCNC3. The highest BCUT2D eigenvalue weighted by Crippen LogP contribution is 2.28. The third kappa shape index (κ3) is 1.45. The highest BCUT2D eigenvalue weighted by atomic mass is 14.9. The molecule has 1 aliphatic rings. The minimum atomic E-state index is 0.608. The number of hydrogen-bond acceptors (Lipinski definition) is 1. The molecule has 1 aliphatic heterocycles. The van der Waals surface area contributed by atoms with Crippen LogP contribution in [-0.2, 0) is 13.0 Å². The van der Waals surface area contributed by atoms with Gasteiger partial charge >= 0.3 is 0 Å². The Balaban J connectivity index is 2.21. The lowest BCUT2D eigenvalue weighted by Crippen LogP contribution is -2.22. The van der Waals surface area contributed by atoms with E-state index in [4.69, 9.17) is 0 Å². The molecule has 0 fully saturated rings. The highest BCUT2D eigenvalue weighted by molar-refractivity contribution is 5.85. The zero-order chi connectivity index (χ0) is 11.1. The Labute approximate surface area is 96.1 Å². The molecule has 16 heavy (non-hydrogen) atoms. The zero-order valence-electron chi connectivity index (χ0n) is 9.93. The minimum absolute atomic E-state index is 0.608. The van der Waals surface area contributed by atoms with Crippen LogP contribution in [0, 0.1) is 0 Å². The monoisotopic (exact) mass is 214 g/mol. The molecule has 0 atom stereocenters. The van der Waals surface area contributed by atoms with Gasteiger partial charge in [0.05, 0.1) is 0 Å². The van der Waals surface area contributed by atoms with Crippen LogP contribution in [0.15, 0.2) is 18.2 Å². The number of H-pyrrole nitrogens is 1. The van der Waals surface area contributed by atoms with Gasteiger partial charge in [0.15, 0.2) is 0 Å². The summed E-state index contributed by atoms with van der Waals surface area (Å²) >= 11 is 0.